The maximum atomic E-state index is 13.4. The minimum atomic E-state index is -0.588. The number of allylic oxidation sites excluding steroid dienone is 3. The summed E-state index contributed by atoms with van der Waals surface area (Å²) in [6.45, 7) is 1.88. The van der Waals surface area contributed by atoms with Crippen LogP contribution in [0.25, 0.3) is 0 Å². The minimum absolute atomic E-state index is 0.0461. The molecule has 2 aromatic carbocycles. The molecule has 8 heteroatoms. The number of carbonyl (C=O) groups excluding carboxylic acids is 2. The van der Waals surface area contributed by atoms with Crippen LogP contribution in [0.1, 0.15) is 36.8 Å². The number of Topliss-reactive ketones (excluding diaryl/α,β-unsaturated/α-hetero) is 1. The molecule has 0 aromatic heterocycles. The summed E-state index contributed by atoms with van der Waals surface area (Å²) >= 11 is 3.36. The molecule has 178 valence electrons. The molecule has 2 aromatic rings. The van der Waals surface area contributed by atoms with Gasteiger partial charge < -0.3 is 24.6 Å². The number of nitrogens with one attached hydrogen (secondary N) is 1. The van der Waals surface area contributed by atoms with E-state index in [4.69, 9.17) is 14.2 Å². The van der Waals surface area contributed by atoms with Crippen LogP contribution in [-0.2, 0) is 20.9 Å². The third kappa shape index (κ3) is 4.55. The average molecular weight is 528 g/mol. The molecule has 2 atom stereocenters. The largest absolute Gasteiger partial charge is 0.503 e. The van der Waals surface area contributed by atoms with Crippen molar-refractivity contribution in [1.29, 1.82) is 0 Å². The van der Waals surface area contributed by atoms with E-state index in [9.17, 15) is 14.7 Å². The van der Waals surface area contributed by atoms with Crippen LogP contribution in [-0.4, -0.2) is 31.1 Å². The molecular formula is C26H26BrNO6. The molecule has 1 aliphatic carbocycles. The second-order valence-corrected chi connectivity index (χ2v) is 9.12. The van der Waals surface area contributed by atoms with Crippen LogP contribution in [0.15, 0.2) is 63.9 Å². The van der Waals surface area contributed by atoms with Gasteiger partial charge in [0.25, 0.3) is 0 Å². The maximum Gasteiger partial charge on any atom is 0.336 e. The van der Waals surface area contributed by atoms with Crippen molar-refractivity contribution in [1.82, 2.24) is 5.32 Å². The predicted molar refractivity (Wildman–Crippen MR) is 130 cm³/mol. The van der Waals surface area contributed by atoms with Gasteiger partial charge in [0.05, 0.1) is 30.2 Å². The molecule has 0 fully saturated rings. The quantitative estimate of drug-likeness (QED) is 0.524. The number of esters is 1. The van der Waals surface area contributed by atoms with Gasteiger partial charge in [0.1, 0.15) is 18.1 Å². The van der Waals surface area contributed by atoms with Gasteiger partial charge in [-0.05, 0) is 64.7 Å². The standard InChI is InChI=1S/C26H26BrNO6/c1-14-22(26(31)34-13-15-7-9-17(32-2)10-8-15)23(24-19(28-14)5-4-6-20(24)29)16-11-18(27)25(30)21(12-16)33-3/h5,7-12,23-24,28,30H,4,6,13H2,1-3H3. The molecule has 2 unspecified atom stereocenters. The van der Waals surface area contributed by atoms with E-state index in [1.165, 1.54) is 7.11 Å². The Morgan fingerprint density at radius 1 is 1.15 bits per heavy atom. The number of fused-ring (bicyclic) bond motifs is 1. The summed E-state index contributed by atoms with van der Waals surface area (Å²) in [6.07, 6.45) is 3.06. The van der Waals surface area contributed by atoms with Crippen LogP contribution in [0, 0.1) is 5.92 Å². The van der Waals surface area contributed by atoms with E-state index in [1.807, 2.05) is 18.2 Å². The number of ether oxygens (including phenoxy) is 3. The number of ketones is 1. The smallest absolute Gasteiger partial charge is 0.336 e. The molecule has 7 nitrogen and oxygen atoms in total. The molecule has 2 N–H and O–H groups in total. The molecule has 0 radical (unpaired) electrons. The predicted octanol–water partition coefficient (Wildman–Crippen LogP) is 4.74. The highest BCUT2D eigenvalue weighted by Crippen LogP contribution is 2.47. The number of methoxy groups -OCH3 is 2. The Balaban J connectivity index is 1.73. The molecule has 0 spiro atoms. The van der Waals surface area contributed by atoms with Gasteiger partial charge in [-0.25, -0.2) is 4.79 Å². The Kier molecular flexibility index (Phi) is 6.97. The first-order valence-electron chi connectivity index (χ1n) is 10.9. The van der Waals surface area contributed by atoms with Crippen molar-refractivity contribution in [3.8, 4) is 17.2 Å². The van der Waals surface area contributed by atoms with E-state index >= 15 is 0 Å². The fourth-order valence-electron chi connectivity index (χ4n) is 4.52. The molecule has 34 heavy (non-hydrogen) atoms. The summed E-state index contributed by atoms with van der Waals surface area (Å²) in [5.41, 5.74) is 3.28. The number of hydrogen-bond donors (Lipinski definition) is 2. The zero-order chi connectivity index (χ0) is 24.4. The molecule has 0 saturated heterocycles. The van der Waals surface area contributed by atoms with Crippen LogP contribution in [0.3, 0.4) is 0 Å². The summed E-state index contributed by atoms with van der Waals surface area (Å²) in [5, 5.41) is 13.6. The van der Waals surface area contributed by atoms with Gasteiger partial charge in [-0.3, -0.25) is 4.79 Å². The molecule has 1 aliphatic heterocycles. The molecule has 2 aliphatic rings. The Bertz CT molecular complexity index is 1180. The Morgan fingerprint density at radius 3 is 2.56 bits per heavy atom. The number of hydrogen-bond acceptors (Lipinski definition) is 7. The van der Waals surface area contributed by atoms with E-state index in [0.29, 0.717) is 39.9 Å². The van der Waals surface area contributed by atoms with Crippen LogP contribution >= 0.6 is 15.9 Å². The first kappa shape index (κ1) is 23.9. The Labute approximate surface area is 206 Å². The van der Waals surface area contributed by atoms with Crippen LogP contribution in [0.5, 0.6) is 17.2 Å². The van der Waals surface area contributed by atoms with E-state index in [2.05, 4.69) is 21.2 Å². The lowest BCUT2D eigenvalue weighted by molar-refractivity contribution is -0.141. The zero-order valence-electron chi connectivity index (χ0n) is 19.2. The highest BCUT2D eigenvalue weighted by molar-refractivity contribution is 9.10. The highest BCUT2D eigenvalue weighted by Gasteiger charge is 2.43. The van der Waals surface area contributed by atoms with E-state index in [-0.39, 0.29) is 23.9 Å². The van der Waals surface area contributed by atoms with Gasteiger partial charge in [0, 0.05) is 23.7 Å². The third-order valence-electron chi connectivity index (χ3n) is 6.20. The highest BCUT2D eigenvalue weighted by atomic mass is 79.9. The molecular weight excluding hydrogens is 502 g/mol. The van der Waals surface area contributed by atoms with Gasteiger partial charge in [-0.15, -0.1) is 0 Å². The Morgan fingerprint density at radius 2 is 1.88 bits per heavy atom. The zero-order valence-corrected chi connectivity index (χ0v) is 20.8. The molecule has 0 bridgehead atoms. The van der Waals surface area contributed by atoms with E-state index in [0.717, 1.165) is 11.3 Å². The molecule has 1 heterocycles. The molecule has 0 saturated carbocycles. The maximum absolute atomic E-state index is 13.4. The number of halogens is 1. The summed E-state index contributed by atoms with van der Waals surface area (Å²) in [7, 11) is 3.04. The van der Waals surface area contributed by atoms with Crippen LogP contribution in [0.4, 0.5) is 0 Å². The monoisotopic (exact) mass is 527 g/mol. The second-order valence-electron chi connectivity index (χ2n) is 8.26. The molecule has 0 amide bonds. The fourth-order valence-corrected chi connectivity index (χ4v) is 4.98. The second kappa shape index (κ2) is 9.93. The fraction of sp³-hybridized carbons (Fsp3) is 0.308. The van der Waals surface area contributed by atoms with Crippen molar-refractivity contribution in [3.63, 3.8) is 0 Å². The average Bonchev–Trinajstić information content (AvgIpc) is 2.83. The van der Waals surface area contributed by atoms with Crippen molar-refractivity contribution < 1.29 is 28.9 Å². The van der Waals surface area contributed by atoms with Crippen molar-refractivity contribution in [3.05, 3.63) is 75.0 Å². The number of benzene rings is 2. The number of carbonyl (C=O) groups is 2. The SMILES string of the molecule is COc1ccc(COC(=O)C2=C(C)NC3=CCCC(=O)C3C2c2cc(Br)c(O)c(OC)c2)cc1. The van der Waals surface area contributed by atoms with Crippen molar-refractivity contribution in [2.24, 2.45) is 5.92 Å². The van der Waals surface area contributed by atoms with Gasteiger partial charge in [0.2, 0.25) is 0 Å². The normalized spacial score (nSPS) is 19.6. The summed E-state index contributed by atoms with van der Waals surface area (Å²) in [5.74, 6) is -0.683. The lowest BCUT2D eigenvalue weighted by atomic mass is 9.71. The summed E-state index contributed by atoms with van der Waals surface area (Å²) < 4.78 is 16.6. The van der Waals surface area contributed by atoms with Crippen molar-refractivity contribution in [2.75, 3.05) is 14.2 Å². The summed E-state index contributed by atoms with van der Waals surface area (Å²) in [4.78, 5) is 26.5. The van der Waals surface area contributed by atoms with Crippen LogP contribution < -0.4 is 14.8 Å². The van der Waals surface area contributed by atoms with E-state index in [1.54, 1.807) is 38.3 Å². The minimum Gasteiger partial charge on any atom is -0.503 e. The number of rotatable bonds is 6. The topological polar surface area (TPSA) is 94.1 Å². The number of phenolic OH excluding ortho intramolecular Hbond substituents is 1. The van der Waals surface area contributed by atoms with Gasteiger partial charge >= 0.3 is 5.97 Å². The third-order valence-corrected chi connectivity index (χ3v) is 6.80. The Hall–Kier alpha value is -3.26. The number of phenols is 1. The van der Waals surface area contributed by atoms with Crippen molar-refractivity contribution in [2.45, 2.75) is 32.3 Å². The van der Waals surface area contributed by atoms with Crippen molar-refractivity contribution >= 4 is 27.7 Å². The van der Waals surface area contributed by atoms with Gasteiger partial charge in [-0.1, -0.05) is 18.2 Å². The lowest BCUT2D eigenvalue weighted by Crippen LogP contribution is -2.40. The first-order chi connectivity index (χ1) is 16.3. The van der Waals surface area contributed by atoms with Gasteiger partial charge in [-0.2, -0.15) is 0 Å². The van der Waals surface area contributed by atoms with Crippen LogP contribution in [0.2, 0.25) is 0 Å². The number of aromatic hydroxyl groups is 1. The lowest BCUT2D eigenvalue weighted by Gasteiger charge is -2.38. The molecule has 4 rings (SSSR count). The van der Waals surface area contributed by atoms with E-state index < -0.39 is 17.8 Å². The van der Waals surface area contributed by atoms with Gasteiger partial charge in [0.15, 0.2) is 11.5 Å². The summed E-state index contributed by atoms with van der Waals surface area (Å²) in [6, 6.07) is 10.7. The first-order valence-corrected chi connectivity index (χ1v) is 11.7.